The molecule has 2 unspecified atom stereocenters. The first-order chi connectivity index (χ1) is 9.81. The molecule has 2 rings (SSSR count). The van der Waals surface area contributed by atoms with Crippen molar-refractivity contribution in [2.45, 2.75) is 24.8 Å². The molecule has 118 valence electrons. The van der Waals surface area contributed by atoms with Gasteiger partial charge in [-0.3, -0.25) is 0 Å². The molecular weight excluding hydrogens is 312 g/mol. The van der Waals surface area contributed by atoms with E-state index in [2.05, 4.69) is 6.92 Å². The predicted molar refractivity (Wildman–Crippen MR) is 83.0 cm³/mol. The summed E-state index contributed by atoms with van der Waals surface area (Å²) in [5, 5.41) is 0.336. The highest BCUT2D eigenvalue weighted by Gasteiger charge is 2.37. The molecule has 1 fully saturated rings. The molecule has 1 aliphatic carbocycles. The highest BCUT2D eigenvalue weighted by molar-refractivity contribution is 7.89. The molecule has 2 atom stereocenters. The molecule has 0 aliphatic heterocycles. The molecular formula is C14H21ClN2O3S. The Kier molecular flexibility index (Phi) is 4.82. The molecule has 0 saturated heterocycles. The minimum Gasteiger partial charge on any atom is -0.495 e. The number of hydrogen-bond acceptors (Lipinski definition) is 4. The van der Waals surface area contributed by atoms with E-state index < -0.39 is 10.0 Å². The Morgan fingerprint density at radius 3 is 2.57 bits per heavy atom. The van der Waals surface area contributed by atoms with Crippen LogP contribution in [0.25, 0.3) is 0 Å². The van der Waals surface area contributed by atoms with E-state index in [1.807, 2.05) is 0 Å². The van der Waals surface area contributed by atoms with Crippen LogP contribution in [0.15, 0.2) is 17.0 Å². The molecule has 0 heterocycles. The molecule has 21 heavy (non-hydrogen) atoms. The lowest BCUT2D eigenvalue weighted by Crippen LogP contribution is -2.29. The van der Waals surface area contributed by atoms with Gasteiger partial charge in [-0.2, -0.15) is 0 Å². The highest BCUT2D eigenvalue weighted by atomic mass is 35.5. The zero-order valence-electron chi connectivity index (χ0n) is 12.5. The summed E-state index contributed by atoms with van der Waals surface area (Å²) in [6.45, 7) is 2.80. The lowest BCUT2D eigenvalue weighted by Gasteiger charge is -2.20. The Hall–Kier alpha value is -0.820. The zero-order valence-corrected chi connectivity index (χ0v) is 14.0. The Bertz CT molecular complexity index is 633. The van der Waals surface area contributed by atoms with Crippen LogP contribution in [0, 0.1) is 11.8 Å². The third kappa shape index (κ3) is 3.34. The van der Waals surface area contributed by atoms with E-state index in [4.69, 9.17) is 22.1 Å². The molecule has 1 saturated carbocycles. The van der Waals surface area contributed by atoms with Gasteiger partial charge in [-0.1, -0.05) is 18.5 Å². The normalized spacial score (nSPS) is 21.6. The number of rotatable bonds is 6. The fourth-order valence-corrected chi connectivity index (χ4v) is 4.20. The molecule has 0 radical (unpaired) electrons. The van der Waals surface area contributed by atoms with E-state index in [9.17, 15) is 8.42 Å². The van der Waals surface area contributed by atoms with Gasteiger partial charge < -0.3 is 10.5 Å². The predicted octanol–water partition coefficient (Wildman–Crippen LogP) is 2.08. The summed E-state index contributed by atoms with van der Waals surface area (Å²) in [6, 6.07) is 3.05. The maximum absolute atomic E-state index is 12.7. The fraction of sp³-hybridized carbons (Fsp3) is 0.571. The van der Waals surface area contributed by atoms with Crippen molar-refractivity contribution in [2.24, 2.45) is 17.6 Å². The first-order valence-electron chi connectivity index (χ1n) is 6.84. The van der Waals surface area contributed by atoms with Gasteiger partial charge in [-0.25, -0.2) is 12.7 Å². The third-order valence-corrected chi connectivity index (χ3v) is 6.02. The quantitative estimate of drug-likeness (QED) is 0.865. The summed E-state index contributed by atoms with van der Waals surface area (Å²) in [7, 11) is -0.626. The van der Waals surface area contributed by atoms with Crippen LogP contribution in [0.1, 0.15) is 18.9 Å². The summed E-state index contributed by atoms with van der Waals surface area (Å²) < 4.78 is 32.1. The number of nitrogens with two attached hydrogens (primary N) is 1. The van der Waals surface area contributed by atoms with Crippen LogP contribution in [0.4, 0.5) is 0 Å². The van der Waals surface area contributed by atoms with E-state index in [0.717, 1.165) is 6.42 Å². The maximum atomic E-state index is 12.7. The summed E-state index contributed by atoms with van der Waals surface area (Å²) in [5.41, 5.74) is 6.23. The summed E-state index contributed by atoms with van der Waals surface area (Å²) in [6.07, 6.45) is 1.07. The van der Waals surface area contributed by atoms with E-state index in [1.54, 1.807) is 13.1 Å². The first-order valence-corrected chi connectivity index (χ1v) is 8.65. The van der Waals surface area contributed by atoms with Crippen molar-refractivity contribution in [1.29, 1.82) is 0 Å². The van der Waals surface area contributed by atoms with Gasteiger partial charge in [0, 0.05) is 30.7 Å². The van der Waals surface area contributed by atoms with Crippen molar-refractivity contribution < 1.29 is 13.2 Å². The van der Waals surface area contributed by atoms with Crippen LogP contribution < -0.4 is 10.5 Å². The molecule has 1 aromatic rings. The van der Waals surface area contributed by atoms with E-state index in [-0.39, 0.29) is 17.2 Å². The van der Waals surface area contributed by atoms with E-state index in [1.165, 1.54) is 17.5 Å². The summed E-state index contributed by atoms with van der Waals surface area (Å²) in [5.74, 6) is 1.30. The van der Waals surface area contributed by atoms with Crippen LogP contribution >= 0.6 is 11.6 Å². The number of hydrogen-bond donors (Lipinski definition) is 1. The van der Waals surface area contributed by atoms with Crippen molar-refractivity contribution in [3.63, 3.8) is 0 Å². The van der Waals surface area contributed by atoms with Crippen LogP contribution in [0.5, 0.6) is 5.75 Å². The van der Waals surface area contributed by atoms with Gasteiger partial charge in [-0.15, -0.1) is 0 Å². The van der Waals surface area contributed by atoms with Crippen molar-refractivity contribution in [2.75, 3.05) is 20.7 Å². The Labute approximate surface area is 131 Å². The second-order valence-corrected chi connectivity index (χ2v) is 8.01. The maximum Gasteiger partial charge on any atom is 0.246 e. The van der Waals surface area contributed by atoms with Crippen molar-refractivity contribution in [3.8, 4) is 5.75 Å². The topological polar surface area (TPSA) is 72.6 Å². The van der Waals surface area contributed by atoms with Gasteiger partial charge in [0.2, 0.25) is 10.0 Å². The molecule has 5 nitrogen and oxygen atoms in total. The molecule has 1 aliphatic rings. The monoisotopic (exact) mass is 332 g/mol. The molecule has 0 aromatic heterocycles. The molecule has 0 spiro atoms. The number of benzene rings is 1. The van der Waals surface area contributed by atoms with Gasteiger partial charge in [-0.05, 0) is 30.4 Å². The van der Waals surface area contributed by atoms with Gasteiger partial charge in [0.1, 0.15) is 10.6 Å². The van der Waals surface area contributed by atoms with E-state index in [0.29, 0.717) is 29.0 Å². The number of ether oxygens (including phenoxy) is 1. The highest BCUT2D eigenvalue weighted by Crippen LogP contribution is 2.40. The van der Waals surface area contributed by atoms with Gasteiger partial charge in [0.25, 0.3) is 0 Å². The zero-order chi connectivity index (χ0) is 15.8. The van der Waals surface area contributed by atoms with Crippen LogP contribution in [0.3, 0.4) is 0 Å². The second-order valence-electron chi connectivity index (χ2n) is 5.56. The Morgan fingerprint density at radius 1 is 1.48 bits per heavy atom. The van der Waals surface area contributed by atoms with Gasteiger partial charge >= 0.3 is 0 Å². The molecule has 2 N–H and O–H groups in total. The van der Waals surface area contributed by atoms with Crippen LogP contribution in [-0.4, -0.2) is 33.4 Å². The van der Waals surface area contributed by atoms with Crippen molar-refractivity contribution in [3.05, 3.63) is 22.7 Å². The van der Waals surface area contributed by atoms with E-state index >= 15 is 0 Å². The smallest absolute Gasteiger partial charge is 0.246 e. The SMILES string of the molecule is COc1c(CN)cc(Cl)cc1S(=O)(=O)N(C)CC1CC1C. The van der Waals surface area contributed by atoms with Crippen LogP contribution in [-0.2, 0) is 16.6 Å². The molecule has 7 heteroatoms. The summed E-state index contributed by atoms with van der Waals surface area (Å²) in [4.78, 5) is 0.0775. The Balaban J connectivity index is 2.40. The van der Waals surface area contributed by atoms with Gasteiger partial charge in [0.15, 0.2) is 0 Å². The number of sulfonamides is 1. The Morgan fingerprint density at radius 2 is 2.10 bits per heavy atom. The average molecular weight is 333 g/mol. The molecule has 1 aromatic carbocycles. The van der Waals surface area contributed by atoms with Gasteiger partial charge in [0.05, 0.1) is 7.11 Å². The first kappa shape index (κ1) is 16.5. The largest absolute Gasteiger partial charge is 0.495 e. The second kappa shape index (κ2) is 6.12. The lowest BCUT2D eigenvalue weighted by atomic mass is 10.2. The van der Waals surface area contributed by atoms with Crippen molar-refractivity contribution in [1.82, 2.24) is 4.31 Å². The number of methoxy groups -OCH3 is 1. The minimum atomic E-state index is -3.65. The molecule has 0 bridgehead atoms. The number of halogens is 1. The van der Waals surface area contributed by atoms with Crippen molar-refractivity contribution >= 4 is 21.6 Å². The fourth-order valence-electron chi connectivity index (χ4n) is 2.45. The summed E-state index contributed by atoms with van der Waals surface area (Å²) >= 11 is 6.02. The third-order valence-electron chi connectivity index (χ3n) is 3.98. The molecule has 0 amide bonds. The van der Waals surface area contributed by atoms with Crippen LogP contribution in [0.2, 0.25) is 5.02 Å². The minimum absolute atomic E-state index is 0.0775. The standard InChI is InChI=1S/C14H21ClN2O3S/c1-9-4-11(9)8-17(2)21(18,19)13-6-12(15)5-10(7-16)14(13)20-3/h5-6,9,11H,4,7-8,16H2,1-3H3. The average Bonchev–Trinajstić information content (AvgIpc) is 3.12. The lowest BCUT2D eigenvalue weighted by molar-refractivity contribution is 0.391. The number of nitrogens with zero attached hydrogens (tertiary/aromatic N) is 1.